The molecule has 0 aliphatic rings. The Kier molecular flexibility index (Phi) is 12.0. The standard InChI is InChI=1S/2C23H18NO2.Pt/c1-25-17-10-11-21(23-15-18(26-2)12-13-24-23)22(14-17)20-9-5-7-16-6-3-4-8-19(16)20;1-26-18-9-10-21(23-13-16(15-25)11-12-24-23)22(14-18)20-8-4-6-17-5-2-3-7-19(17)20;/h3-10,12-15H,1-2H3;2-9,11-14,25H,15H2,1H3;/q2*-1;+2. The van der Waals surface area contributed by atoms with E-state index in [2.05, 4.69) is 88.8 Å². The summed E-state index contributed by atoms with van der Waals surface area (Å²) in [6, 6.07) is 51.1. The van der Waals surface area contributed by atoms with Crippen molar-refractivity contribution in [1.82, 2.24) is 9.97 Å². The smallest absolute Gasteiger partial charge is 0.540 e. The Hall–Kier alpha value is -5.81. The second kappa shape index (κ2) is 17.1. The first kappa shape index (κ1) is 37.0. The zero-order valence-electron chi connectivity index (χ0n) is 29.4. The van der Waals surface area contributed by atoms with Gasteiger partial charge in [0.1, 0.15) is 5.75 Å². The maximum Gasteiger partial charge on any atom is 2.00 e. The molecule has 0 saturated heterocycles. The Morgan fingerprint density at radius 3 is 1.49 bits per heavy atom. The fraction of sp³-hybridized carbons (Fsp3) is 0.0870. The van der Waals surface area contributed by atoms with E-state index in [-0.39, 0.29) is 27.7 Å². The number of aromatic nitrogens is 2. The van der Waals surface area contributed by atoms with Gasteiger partial charge in [-0.1, -0.05) is 125 Å². The minimum atomic E-state index is -0.0186. The summed E-state index contributed by atoms with van der Waals surface area (Å²) < 4.78 is 16.2. The molecule has 0 amide bonds. The van der Waals surface area contributed by atoms with Crippen LogP contribution in [0.1, 0.15) is 5.56 Å². The molecule has 0 atom stereocenters. The molecule has 0 saturated carbocycles. The molecule has 0 fully saturated rings. The molecule has 0 unspecified atom stereocenters. The van der Waals surface area contributed by atoms with Crippen molar-refractivity contribution in [3.8, 4) is 62.0 Å². The Morgan fingerprint density at radius 2 is 0.981 bits per heavy atom. The molecule has 0 bridgehead atoms. The van der Waals surface area contributed by atoms with Gasteiger partial charge < -0.3 is 29.3 Å². The van der Waals surface area contributed by atoms with Crippen molar-refractivity contribution in [2.24, 2.45) is 0 Å². The first-order valence-electron chi connectivity index (χ1n) is 16.8. The monoisotopic (exact) mass is 875 g/mol. The molecule has 1 N–H and O–H groups in total. The van der Waals surface area contributed by atoms with Gasteiger partial charge in [-0.25, -0.2) is 0 Å². The molecule has 7 heteroatoms. The van der Waals surface area contributed by atoms with Crippen molar-refractivity contribution in [1.29, 1.82) is 0 Å². The molecule has 8 aromatic rings. The SMILES string of the molecule is COc1c[c-]c(-c2cc(CO)ccn2)c(-c2cccc3ccccc23)c1.COc1ccnc(-c2[c-]cc(OC)cc2-c2cccc3ccccc23)c1.[Pt+2]. The molecule has 6 nitrogen and oxygen atoms in total. The van der Waals surface area contributed by atoms with Crippen LogP contribution in [0.15, 0.2) is 146 Å². The minimum Gasteiger partial charge on any atom is -0.540 e. The van der Waals surface area contributed by atoms with E-state index in [9.17, 15) is 5.11 Å². The van der Waals surface area contributed by atoms with Gasteiger partial charge in [-0.2, -0.15) is 0 Å². The van der Waals surface area contributed by atoms with Gasteiger partial charge in [0.15, 0.2) is 0 Å². The average Bonchev–Trinajstić information content (AvgIpc) is 3.23. The molecule has 6 aromatic carbocycles. The summed E-state index contributed by atoms with van der Waals surface area (Å²) in [4.78, 5) is 9.02. The minimum absolute atomic E-state index is 0. The summed E-state index contributed by atoms with van der Waals surface area (Å²) in [5, 5.41) is 14.2. The molecule has 2 aromatic heterocycles. The summed E-state index contributed by atoms with van der Waals surface area (Å²) in [5.41, 5.74) is 8.48. The first-order valence-corrected chi connectivity index (χ1v) is 16.8. The van der Waals surface area contributed by atoms with E-state index in [4.69, 9.17) is 14.2 Å². The first-order chi connectivity index (χ1) is 25.6. The van der Waals surface area contributed by atoms with Gasteiger partial charge in [0.2, 0.25) is 0 Å². The number of ether oxygens (including phenoxy) is 3. The van der Waals surface area contributed by atoms with Crippen LogP contribution in [-0.2, 0) is 27.7 Å². The largest absolute Gasteiger partial charge is 2.00 e. The normalized spacial score (nSPS) is 10.6. The summed E-state index contributed by atoms with van der Waals surface area (Å²) in [5.74, 6) is 2.28. The Morgan fingerprint density at radius 1 is 0.509 bits per heavy atom. The zero-order chi connectivity index (χ0) is 35.9. The van der Waals surface area contributed by atoms with Crippen LogP contribution in [0.25, 0.3) is 66.3 Å². The van der Waals surface area contributed by atoms with Crippen molar-refractivity contribution in [2.75, 3.05) is 21.3 Å². The summed E-state index contributed by atoms with van der Waals surface area (Å²) in [7, 11) is 4.97. The third-order valence-corrected chi connectivity index (χ3v) is 8.95. The third-order valence-electron chi connectivity index (χ3n) is 8.95. The zero-order valence-corrected chi connectivity index (χ0v) is 31.7. The van der Waals surface area contributed by atoms with Gasteiger partial charge in [0.25, 0.3) is 0 Å². The fourth-order valence-electron chi connectivity index (χ4n) is 6.34. The number of fused-ring (bicyclic) bond motifs is 2. The van der Waals surface area contributed by atoms with E-state index in [0.717, 1.165) is 73.0 Å². The van der Waals surface area contributed by atoms with E-state index in [0.29, 0.717) is 0 Å². The predicted octanol–water partition coefficient (Wildman–Crippen LogP) is 10.3. The summed E-state index contributed by atoms with van der Waals surface area (Å²) in [6.07, 6.45) is 3.46. The van der Waals surface area contributed by atoms with E-state index in [1.807, 2.05) is 66.7 Å². The van der Waals surface area contributed by atoms with Gasteiger partial charge in [0, 0.05) is 23.9 Å². The van der Waals surface area contributed by atoms with Crippen LogP contribution in [0.4, 0.5) is 0 Å². The molecule has 0 aliphatic heterocycles. The maximum atomic E-state index is 9.46. The van der Waals surface area contributed by atoms with Crippen LogP contribution in [0.3, 0.4) is 0 Å². The van der Waals surface area contributed by atoms with Gasteiger partial charge in [-0.3, -0.25) is 0 Å². The molecule has 2 heterocycles. The summed E-state index contributed by atoms with van der Waals surface area (Å²) in [6.45, 7) is -0.0186. The number of benzene rings is 6. The number of pyridine rings is 2. The number of aliphatic hydroxyl groups is 1. The Labute approximate surface area is 324 Å². The van der Waals surface area contributed by atoms with E-state index in [1.165, 1.54) is 16.2 Å². The second-order valence-corrected chi connectivity index (χ2v) is 12.0. The summed E-state index contributed by atoms with van der Waals surface area (Å²) >= 11 is 0. The topological polar surface area (TPSA) is 73.7 Å². The van der Waals surface area contributed by atoms with Crippen molar-refractivity contribution >= 4 is 21.5 Å². The number of rotatable bonds is 8. The van der Waals surface area contributed by atoms with Crippen LogP contribution in [0, 0.1) is 12.1 Å². The maximum absolute atomic E-state index is 9.46. The molecule has 0 aliphatic carbocycles. The van der Waals surface area contributed by atoms with Crippen LogP contribution in [0.5, 0.6) is 17.2 Å². The fourth-order valence-corrected chi connectivity index (χ4v) is 6.34. The van der Waals surface area contributed by atoms with E-state index >= 15 is 0 Å². The Balaban J connectivity index is 0.000000178. The second-order valence-electron chi connectivity index (χ2n) is 12.0. The van der Waals surface area contributed by atoms with Crippen molar-refractivity contribution in [3.05, 3.63) is 164 Å². The predicted molar refractivity (Wildman–Crippen MR) is 208 cm³/mol. The van der Waals surface area contributed by atoms with E-state index < -0.39 is 0 Å². The van der Waals surface area contributed by atoms with Gasteiger partial charge in [-0.05, 0) is 56.7 Å². The molecular formula is C46H36N2O4Pt. The third kappa shape index (κ3) is 8.00. The Bertz CT molecular complexity index is 2320. The number of hydrogen-bond donors (Lipinski definition) is 1. The van der Waals surface area contributed by atoms with Gasteiger partial charge in [0.05, 0.1) is 27.9 Å². The number of nitrogens with zero attached hydrogens (tertiary/aromatic N) is 2. The molecule has 0 spiro atoms. The molecule has 0 radical (unpaired) electrons. The quantitative estimate of drug-likeness (QED) is 0.153. The van der Waals surface area contributed by atoms with E-state index in [1.54, 1.807) is 33.7 Å². The van der Waals surface area contributed by atoms with Crippen LogP contribution >= 0.6 is 0 Å². The van der Waals surface area contributed by atoms with Crippen molar-refractivity contribution in [3.63, 3.8) is 0 Å². The number of hydrogen-bond acceptors (Lipinski definition) is 6. The van der Waals surface area contributed by atoms with Gasteiger partial charge >= 0.3 is 21.1 Å². The van der Waals surface area contributed by atoms with Gasteiger partial charge in [-0.15, -0.1) is 35.4 Å². The van der Waals surface area contributed by atoms with Crippen LogP contribution in [-0.4, -0.2) is 36.4 Å². The molecule has 8 rings (SSSR count). The van der Waals surface area contributed by atoms with Crippen molar-refractivity contribution < 1.29 is 40.4 Å². The van der Waals surface area contributed by atoms with Crippen LogP contribution < -0.4 is 14.2 Å². The molecular weight excluding hydrogens is 840 g/mol. The number of aliphatic hydroxyl groups excluding tert-OH is 1. The molecule has 53 heavy (non-hydrogen) atoms. The van der Waals surface area contributed by atoms with Crippen LogP contribution in [0.2, 0.25) is 0 Å². The molecule has 264 valence electrons. The average molecular weight is 876 g/mol. The van der Waals surface area contributed by atoms with Crippen molar-refractivity contribution in [2.45, 2.75) is 6.61 Å². The number of methoxy groups -OCH3 is 3.